The maximum absolute atomic E-state index is 13.3. The van der Waals surface area contributed by atoms with Gasteiger partial charge in [-0.1, -0.05) is 0 Å². The molecule has 8 nitrogen and oxygen atoms in total. The van der Waals surface area contributed by atoms with Crippen molar-refractivity contribution in [3.8, 4) is 6.07 Å². The Morgan fingerprint density at radius 1 is 1.20 bits per heavy atom. The van der Waals surface area contributed by atoms with Gasteiger partial charge in [0.2, 0.25) is 0 Å². The van der Waals surface area contributed by atoms with E-state index >= 15 is 0 Å². The number of piperidine rings is 1. The standard InChI is InChI=1S/C21H25FN4O4/c22-13-3-4-17(12(7-13)8-23)26-10-15-14(16(15)11-26)9-24-20(29)18(27)19(28)21(30)25-5-1-2-6-25/h3-4,7,14-16,18-19,27-28H,1-2,5-6,9-11H2,(H,24,29)/t15-,16-,18?,19?/m0/s1. The predicted molar refractivity (Wildman–Crippen MR) is 105 cm³/mol. The van der Waals surface area contributed by atoms with E-state index in [4.69, 9.17) is 0 Å². The molecule has 9 heteroatoms. The Morgan fingerprint density at radius 2 is 1.87 bits per heavy atom. The molecule has 0 aromatic heterocycles. The minimum Gasteiger partial charge on any atom is -0.380 e. The number of anilines is 1. The SMILES string of the molecule is N#Cc1cc(F)ccc1N1C[C@H]2C(CNC(=O)C(O)C(O)C(=O)N3CCCC3)[C@@H]2C1. The summed E-state index contributed by atoms with van der Waals surface area (Å²) in [6, 6.07) is 6.21. The number of rotatable bonds is 6. The van der Waals surface area contributed by atoms with Gasteiger partial charge in [0.1, 0.15) is 11.9 Å². The van der Waals surface area contributed by atoms with E-state index < -0.39 is 29.8 Å². The highest BCUT2D eigenvalue weighted by molar-refractivity contribution is 5.90. The summed E-state index contributed by atoms with van der Waals surface area (Å²) in [5.41, 5.74) is 1.02. The first-order valence-electron chi connectivity index (χ1n) is 10.3. The summed E-state index contributed by atoms with van der Waals surface area (Å²) in [5, 5.41) is 31.9. The Labute approximate surface area is 173 Å². The molecule has 3 fully saturated rings. The van der Waals surface area contributed by atoms with Gasteiger partial charge < -0.3 is 25.3 Å². The van der Waals surface area contributed by atoms with Gasteiger partial charge in [-0.05, 0) is 48.8 Å². The van der Waals surface area contributed by atoms with Gasteiger partial charge in [-0.25, -0.2) is 4.39 Å². The lowest BCUT2D eigenvalue weighted by Crippen LogP contribution is -2.50. The third-order valence-corrected chi connectivity index (χ3v) is 6.54. The molecule has 3 aliphatic rings. The number of nitrogens with zero attached hydrogens (tertiary/aromatic N) is 3. The minimum absolute atomic E-state index is 0.245. The van der Waals surface area contributed by atoms with Crippen LogP contribution in [0.2, 0.25) is 0 Å². The van der Waals surface area contributed by atoms with Crippen LogP contribution in [0.4, 0.5) is 10.1 Å². The number of aliphatic hydroxyl groups excluding tert-OH is 2. The van der Waals surface area contributed by atoms with Gasteiger partial charge in [0.15, 0.2) is 12.2 Å². The number of amides is 2. The van der Waals surface area contributed by atoms with E-state index in [1.54, 1.807) is 6.07 Å². The second-order valence-electron chi connectivity index (χ2n) is 8.34. The number of carbonyl (C=O) groups is 2. The van der Waals surface area contributed by atoms with Crippen LogP contribution in [-0.2, 0) is 9.59 Å². The van der Waals surface area contributed by atoms with Crippen LogP contribution >= 0.6 is 0 Å². The van der Waals surface area contributed by atoms with Gasteiger partial charge in [-0.2, -0.15) is 5.26 Å². The number of nitriles is 1. The first-order valence-corrected chi connectivity index (χ1v) is 10.3. The van der Waals surface area contributed by atoms with Gasteiger partial charge in [0.05, 0.1) is 11.3 Å². The van der Waals surface area contributed by atoms with E-state index in [0.717, 1.165) is 12.8 Å². The highest BCUT2D eigenvalue weighted by atomic mass is 19.1. The molecule has 2 aliphatic heterocycles. The molecule has 1 aromatic rings. The topological polar surface area (TPSA) is 117 Å². The van der Waals surface area contributed by atoms with Gasteiger partial charge in [0, 0.05) is 32.7 Å². The Morgan fingerprint density at radius 3 is 2.50 bits per heavy atom. The molecule has 0 bridgehead atoms. The lowest BCUT2D eigenvalue weighted by molar-refractivity contribution is -0.152. The molecule has 1 saturated carbocycles. The fourth-order valence-electron chi connectivity index (χ4n) is 4.75. The molecule has 2 amide bonds. The smallest absolute Gasteiger partial charge is 0.254 e. The summed E-state index contributed by atoms with van der Waals surface area (Å²) < 4.78 is 13.3. The van der Waals surface area contributed by atoms with Gasteiger partial charge >= 0.3 is 0 Å². The van der Waals surface area contributed by atoms with E-state index in [2.05, 4.69) is 10.2 Å². The number of nitrogens with one attached hydrogen (secondary N) is 1. The molecule has 4 atom stereocenters. The highest BCUT2D eigenvalue weighted by Crippen LogP contribution is 2.52. The maximum Gasteiger partial charge on any atom is 0.254 e. The van der Waals surface area contributed by atoms with Crippen LogP contribution in [0, 0.1) is 34.9 Å². The van der Waals surface area contributed by atoms with E-state index in [1.807, 2.05) is 6.07 Å². The molecule has 2 heterocycles. The molecule has 3 N–H and O–H groups in total. The van der Waals surface area contributed by atoms with Crippen LogP contribution in [0.15, 0.2) is 18.2 Å². The normalized spacial score (nSPS) is 26.7. The number of aliphatic hydroxyl groups is 2. The second kappa shape index (κ2) is 8.20. The van der Waals surface area contributed by atoms with Crippen molar-refractivity contribution in [3.63, 3.8) is 0 Å². The molecular formula is C21H25FN4O4. The zero-order valence-electron chi connectivity index (χ0n) is 16.5. The molecule has 160 valence electrons. The van der Waals surface area contributed by atoms with Gasteiger partial charge in [0.25, 0.3) is 11.8 Å². The minimum atomic E-state index is -1.79. The molecule has 0 radical (unpaired) electrons. The monoisotopic (exact) mass is 416 g/mol. The van der Waals surface area contributed by atoms with Gasteiger partial charge in [-0.15, -0.1) is 0 Å². The van der Waals surface area contributed by atoms with Crippen LogP contribution in [0.1, 0.15) is 18.4 Å². The van der Waals surface area contributed by atoms with Crippen LogP contribution in [0.25, 0.3) is 0 Å². The van der Waals surface area contributed by atoms with Crippen molar-refractivity contribution < 1.29 is 24.2 Å². The lowest BCUT2D eigenvalue weighted by atomic mass is 10.1. The molecule has 1 aliphatic carbocycles. The number of hydrogen-bond donors (Lipinski definition) is 3. The van der Waals surface area contributed by atoms with Crippen molar-refractivity contribution in [1.82, 2.24) is 10.2 Å². The van der Waals surface area contributed by atoms with E-state index in [0.29, 0.717) is 55.8 Å². The first-order chi connectivity index (χ1) is 14.4. The zero-order chi connectivity index (χ0) is 21.4. The summed E-state index contributed by atoms with van der Waals surface area (Å²) >= 11 is 0. The number of carbonyl (C=O) groups excluding carboxylic acids is 2. The number of hydrogen-bond acceptors (Lipinski definition) is 6. The Kier molecular flexibility index (Phi) is 5.62. The molecule has 2 saturated heterocycles. The third kappa shape index (κ3) is 3.85. The molecule has 4 rings (SSSR count). The molecular weight excluding hydrogens is 391 g/mol. The van der Waals surface area contributed by atoms with Crippen molar-refractivity contribution in [3.05, 3.63) is 29.6 Å². The van der Waals surface area contributed by atoms with Crippen molar-refractivity contribution in [2.45, 2.75) is 25.0 Å². The molecule has 0 spiro atoms. The summed E-state index contributed by atoms with van der Waals surface area (Å²) in [5.74, 6) is -0.867. The predicted octanol–water partition coefficient (Wildman–Crippen LogP) is -0.160. The Bertz CT molecular complexity index is 870. The molecule has 1 aromatic carbocycles. The van der Waals surface area contributed by atoms with Crippen molar-refractivity contribution in [2.24, 2.45) is 17.8 Å². The summed E-state index contributed by atoms with van der Waals surface area (Å²) in [7, 11) is 0. The largest absolute Gasteiger partial charge is 0.380 e. The summed E-state index contributed by atoms with van der Waals surface area (Å²) in [6.45, 7) is 2.86. The van der Waals surface area contributed by atoms with E-state index in [1.165, 1.54) is 17.0 Å². The second-order valence-corrected chi connectivity index (χ2v) is 8.34. The quantitative estimate of drug-likeness (QED) is 0.593. The fraction of sp³-hybridized carbons (Fsp3) is 0.571. The van der Waals surface area contributed by atoms with Crippen LogP contribution in [0.3, 0.4) is 0 Å². The van der Waals surface area contributed by atoms with Crippen molar-refractivity contribution >= 4 is 17.5 Å². The van der Waals surface area contributed by atoms with E-state index in [9.17, 15) is 29.5 Å². The fourth-order valence-corrected chi connectivity index (χ4v) is 4.75. The average molecular weight is 416 g/mol. The number of benzene rings is 1. The van der Waals surface area contributed by atoms with Gasteiger partial charge in [-0.3, -0.25) is 9.59 Å². The van der Waals surface area contributed by atoms with Crippen LogP contribution in [-0.4, -0.2) is 71.9 Å². The van der Waals surface area contributed by atoms with Crippen LogP contribution in [0.5, 0.6) is 0 Å². The summed E-state index contributed by atoms with van der Waals surface area (Å²) in [4.78, 5) is 27.8. The average Bonchev–Trinajstić information content (AvgIpc) is 3.16. The third-order valence-electron chi connectivity index (χ3n) is 6.54. The number of halogens is 1. The van der Waals surface area contributed by atoms with E-state index in [-0.39, 0.29) is 5.92 Å². The molecule has 2 unspecified atom stereocenters. The lowest BCUT2D eigenvalue weighted by Gasteiger charge is -2.24. The molecule has 30 heavy (non-hydrogen) atoms. The Balaban J connectivity index is 1.25. The highest BCUT2D eigenvalue weighted by Gasteiger charge is 2.55. The summed E-state index contributed by atoms with van der Waals surface area (Å²) in [6.07, 6.45) is -1.82. The number of likely N-dealkylation sites (tertiary alicyclic amines) is 1. The van der Waals surface area contributed by atoms with Crippen LogP contribution < -0.4 is 10.2 Å². The maximum atomic E-state index is 13.3. The van der Waals surface area contributed by atoms with Crippen molar-refractivity contribution in [1.29, 1.82) is 5.26 Å². The first kappa shape index (κ1) is 20.6. The Hall–Kier alpha value is -2.70. The number of fused-ring (bicyclic) bond motifs is 1. The zero-order valence-corrected chi connectivity index (χ0v) is 16.5. The van der Waals surface area contributed by atoms with Crippen molar-refractivity contribution in [2.75, 3.05) is 37.6 Å².